The van der Waals surface area contributed by atoms with Gasteiger partial charge in [0, 0.05) is 37.3 Å². The zero-order valence-corrected chi connectivity index (χ0v) is 26.8. The molecule has 12 heteroatoms. The van der Waals surface area contributed by atoms with E-state index in [0.29, 0.717) is 12.3 Å². The van der Waals surface area contributed by atoms with E-state index in [1.54, 1.807) is 22.5 Å². The molecule has 1 heterocycles. The first kappa shape index (κ1) is 35.2. The highest BCUT2D eigenvalue weighted by Crippen LogP contribution is 2.28. The van der Waals surface area contributed by atoms with E-state index < -0.39 is 6.09 Å². The van der Waals surface area contributed by atoms with Gasteiger partial charge < -0.3 is 21.1 Å². The second kappa shape index (κ2) is 17.9. The van der Waals surface area contributed by atoms with Crippen molar-refractivity contribution in [3.05, 3.63) is 112 Å². The van der Waals surface area contributed by atoms with Gasteiger partial charge in [0.25, 0.3) is 5.56 Å². The summed E-state index contributed by atoms with van der Waals surface area (Å²) in [4.78, 5) is 23.9. The highest BCUT2D eigenvalue weighted by Gasteiger charge is 2.08. The summed E-state index contributed by atoms with van der Waals surface area (Å²) in [7, 11) is 3.42. The van der Waals surface area contributed by atoms with Gasteiger partial charge in [-0.05, 0) is 74.4 Å². The summed E-state index contributed by atoms with van der Waals surface area (Å²) in [5.41, 5.74) is 10.4. The number of guanidine groups is 2. The van der Waals surface area contributed by atoms with Crippen molar-refractivity contribution in [3.63, 3.8) is 0 Å². The molecular weight excluding hydrogens is 576 g/mol. The first-order valence-electron chi connectivity index (χ1n) is 13.8. The number of nitrogens with two attached hydrogens (primary N) is 1. The SMILES string of the molecule is CNC(=O)Oc1cc(C)c(SC)c(C)c1.Cc1cc(=O)n(-c2ccccc2)n1C.N=C(N)NC(=N)NCCc1ccccc1. The molecule has 11 nitrogen and oxygen atoms in total. The minimum Gasteiger partial charge on any atom is -0.410 e. The number of hydrogen-bond donors (Lipinski definition) is 6. The Morgan fingerprint density at radius 3 is 2.00 bits per heavy atom. The maximum absolute atomic E-state index is 11.6. The monoisotopic (exact) mass is 618 g/mol. The van der Waals surface area contributed by atoms with Gasteiger partial charge >= 0.3 is 6.09 Å². The fourth-order valence-electron chi connectivity index (χ4n) is 4.11. The number of nitrogens with zero attached hydrogens (tertiary/aromatic N) is 2. The summed E-state index contributed by atoms with van der Waals surface area (Å²) in [6, 6.07) is 25.0. The zero-order valence-electron chi connectivity index (χ0n) is 26.0. The molecule has 4 rings (SSSR count). The molecule has 0 aliphatic rings. The Morgan fingerprint density at radius 1 is 0.955 bits per heavy atom. The molecule has 0 atom stereocenters. The maximum Gasteiger partial charge on any atom is 0.412 e. The Balaban J connectivity index is 0.000000230. The number of aromatic nitrogens is 2. The zero-order chi connectivity index (χ0) is 32.6. The smallest absolute Gasteiger partial charge is 0.410 e. The third kappa shape index (κ3) is 11.4. The molecular formula is C32H42N8O3S. The Hall–Kier alpha value is -4.97. The molecule has 0 aliphatic heterocycles. The van der Waals surface area contributed by atoms with E-state index in [1.807, 2.05) is 112 Å². The fourth-order valence-corrected chi connectivity index (χ4v) is 4.88. The highest BCUT2D eigenvalue weighted by molar-refractivity contribution is 7.98. The van der Waals surface area contributed by atoms with Crippen molar-refractivity contribution >= 4 is 29.8 Å². The number of amides is 1. The molecule has 0 bridgehead atoms. The average molecular weight is 619 g/mol. The number of para-hydroxylation sites is 1. The molecule has 0 saturated carbocycles. The predicted octanol–water partition coefficient (Wildman–Crippen LogP) is 4.46. The Morgan fingerprint density at radius 2 is 1.52 bits per heavy atom. The Bertz CT molecular complexity index is 1560. The van der Waals surface area contributed by atoms with Crippen LogP contribution >= 0.6 is 11.8 Å². The normalized spacial score (nSPS) is 9.86. The van der Waals surface area contributed by atoms with E-state index in [9.17, 15) is 9.59 Å². The van der Waals surface area contributed by atoms with E-state index in [-0.39, 0.29) is 17.5 Å². The van der Waals surface area contributed by atoms with Crippen LogP contribution in [0.2, 0.25) is 0 Å². The highest BCUT2D eigenvalue weighted by atomic mass is 32.2. The first-order valence-corrected chi connectivity index (χ1v) is 15.0. The lowest BCUT2D eigenvalue weighted by Gasteiger charge is -2.10. The minimum absolute atomic E-state index is 0.0104. The van der Waals surface area contributed by atoms with Crippen LogP contribution in [-0.2, 0) is 13.5 Å². The van der Waals surface area contributed by atoms with Crippen LogP contribution in [0.25, 0.3) is 5.69 Å². The summed E-state index contributed by atoms with van der Waals surface area (Å²) in [5.74, 6) is 0.410. The second-order valence-electron chi connectivity index (χ2n) is 9.60. The van der Waals surface area contributed by atoms with Crippen molar-refractivity contribution in [1.29, 1.82) is 10.8 Å². The van der Waals surface area contributed by atoms with Crippen LogP contribution in [0.15, 0.2) is 88.6 Å². The number of benzene rings is 3. The largest absolute Gasteiger partial charge is 0.412 e. The first-order chi connectivity index (χ1) is 21.0. The van der Waals surface area contributed by atoms with E-state index in [2.05, 4.69) is 16.0 Å². The Kier molecular flexibility index (Phi) is 14.3. The van der Waals surface area contributed by atoms with E-state index in [0.717, 1.165) is 28.9 Å². The van der Waals surface area contributed by atoms with Crippen LogP contribution in [0, 0.1) is 31.6 Å². The van der Waals surface area contributed by atoms with Gasteiger partial charge in [0.05, 0.1) is 5.69 Å². The van der Waals surface area contributed by atoms with Crippen molar-refractivity contribution in [1.82, 2.24) is 25.3 Å². The van der Waals surface area contributed by atoms with Crippen LogP contribution in [0.5, 0.6) is 5.75 Å². The summed E-state index contributed by atoms with van der Waals surface area (Å²) >= 11 is 1.70. The third-order valence-electron chi connectivity index (χ3n) is 6.22. The number of rotatable bonds is 6. The molecule has 0 radical (unpaired) electrons. The summed E-state index contributed by atoms with van der Waals surface area (Å²) in [5, 5.41) is 21.8. The van der Waals surface area contributed by atoms with Gasteiger partial charge in [-0.1, -0.05) is 48.5 Å². The lowest BCUT2D eigenvalue weighted by atomic mass is 10.1. The molecule has 0 unspecified atom stereocenters. The van der Waals surface area contributed by atoms with Crippen LogP contribution in [0.1, 0.15) is 22.4 Å². The van der Waals surface area contributed by atoms with Gasteiger partial charge in [0.1, 0.15) is 5.75 Å². The second-order valence-corrected chi connectivity index (χ2v) is 10.4. The topological polar surface area (TPSA) is 163 Å². The fraction of sp³-hybridized carbons (Fsp3) is 0.250. The van der Waals surface area contributed by atoms with Gasteiger partial charge in [-0.25, -0.2) is 9.48 Å². The van der Waals surface area contributed by atoms with Crippen molar-refractivity contribution in [2.24, 2.45) is 12.8 Å². The number of ether oxygens (including phenoxy) is 1. The van der Waals surface area contributed by atoms with Gasteiger partial charge in [0.2, 0.25) is 0 Å². The van der Waals surface area contributed by atoms with Crippen LogP contribution < -0.4 is 32.0 Å². The molecule has 4 aromatic rings. The van der Waals surface area contributed by atoms with Gasteiger partial charge in [-0.2, -0.15) is 0 Å². The quantitative estimate of drug-likeness (QED) is 0.106. The molecule has 0 aliphatic carbocycles. The molecule has 1 aromatic heterocycles. The molecule has 0 fully saturated rings. The van der Waals surface area contributed by atoms with Crippen molar-refractivity contribution < 1.29 is 9.53 Å². The average Bonchev–Trinajstić information content (AvgIpc) is 3.24. The maximum atomic E-state index is 11.6. The van der Waals surface area contributed by atoms with Crippen LogP contribution in [0.3, 0.4) is 0 Å². The minimum atomic E-state index is -0.439. The van der Waals surface area contributed by atoms with E-state index in [1.165, 1.54) is 17.5 Å². The molecule has 1 amide bonds. The summed E-state index contributed by atoms with van der Waals surface area (Å²) < 4.78 is 8.56. The molecule has 44 heavy (non-hydrogen) atoms. The predicted molar refractivity (Wildman–Crippen MR) is 179 cm³/mol. The third-order valence-corrected chi connectivity index (χ3v) is 7.28. The van der Waals surface area contributed by atoms with Gasteiger partial charge in [-0.15, -0.1) is 11.8 Å². The molecule has 234 valence electrons. The molecule has 0 saturated heterocycles. The van der Waals surface area contributed by atoms with Gasteiger partial charge in [0.15, 0.2) is 11.9 Å². The molecule has 3 aromatic carbocycles. The number of carbonyl (C=O) groups excluding carboxylic acids is 1. The Labute approximate surface area is 262 Å². The van der Waals surface area contributed by atoms with Crippen molar-refractivity contribution in [2.45, 2.75) is 32.1 Å². The summed E-state index contributed by atoms with van der Waals surface area (Å²) in [6.45, 7) is 6.58. The van der Waals surface area contributed by atoms with E-state index >= 15 is 0 Å². The number of thioether (sulfide) groups is 1. The lowest BCUT2D eigenvalue weighted by molar-refractivity contribution is 0.203. The number of hydrogen-bond acceptors (Lipinski definition) is 6. The number of carbonyl (C=O) groups is 1. The molecule has 7 N–H and O–H groups in total. The van der Waals surface area contributed by atoms with Crippen molar-refractivity contribution in [2.75, 3.05) is 19.8 Å². The molecule has 0 spiro atoms. The standard InChI is InChI=1S/C11H12N2O.C11H15NO2S.C10H15N5/c1-9-8-11(14)13(12(9)2)10-6-4-3-5-7-10;1-7-5-9(14-11(13)12-3)6-8(2)10(7)15-4;11-9(12)15-10(13)14-7-6-8-4-2-1-3-5-8/h3-8H,1-2H3;5-6H,1-4H3,(H,12,13);1-5H,6-7H2,(H6,11,12,13,14,15). The van der Waals surface area contributed by atoms with Crippen LogP contribution in [-0.4, -0.2) is 47.2 Å². The van der Waals surface area contributed by atoms with Crippen molar-refractivity contribution in [3.8, 4) is 11.4 Å². The van der Waals surface area contributed by atoms with E-state index in [4.69, 9.17) is 21.3 Å². The number of aryl methyl sites for hydroxylation is 3. The number of nitrogens with one attached hydrogen (secondary N) is 5. The summed E-state index contributed by atoms with van der Waals surface area (Å²) in [6.07, 6.45) is 2.43. The van der Waals surface area contributed by atoms with Crippen LogP contribution in [0.4, 0.5) is 4.79 Å². The van der Waals surface area contributed by atoms with Gasteiger partial charge in [-0.3, -0.25) is 25.6 Å². The lowest BCUT2D eigenvalue weighted by Crippen LogP contribution is -2.43.